The van der Waals surface area contributed by atoms with Crippen molar-refractivity contribution in [3.05, 3.63) is 162 Å². The Morgan fingerprint density at radius 2 is 0.692 bits per heavy atom. The molecule has 0 amide bonds. The van der Waals surface area contributed by atoms with Crippen molar-refractivity contribution in [3.8, 4) is 44.5 Å². The molecule has 2 aliphatic heterocycles. The molecule has 250 valence electrons. The molecule has 0 saturated heterocycles. The van der Waals surface area contributed by atoms with Gasteiger partial charge in [-0.05, 0) is 96.8 Å². The van der Waals surface area contributed by atoms with Crippen LogP contribution in [0.2, 0.25) is 0 Å². The molecular formula is C47H37N5. The smallest absolute Gasteiger partial charge is 0.0737 e. The molecule has 0 atom stereocenters. The Balaban J connectivity index is 1.44. The maximum atomic E-state index is 5.40. The van der Waals surface area contributed by atoms with Gasteiger partial charge in [-0.25, -0.2) is 9.97 Å². The lowest BCUT2D eigenvalue weighted by molar-refractivity contribution is 0.900. The quantitative estimate of drug-likeness (QED) is 0.165. The highest BCUT2D eigenvalue weighted by Gasteiger charge is 2.18. The molecule has 7 aromatic rings. The largest absolute Gasteiger partial charge is 0.383 e. The van der Waals surface area contributed by atoms with Gasteiger partial charge in [0.1, 0.15) is 0 Å². The summed E-state index contributed by atoms with van der Waals surface area (Å²) in [6.45, 7) is 4.31. The predicted octanol–water partition coefficient (Wildman–Crippen LogP) is 12.1. The van der Waals surface area contributed by atoms with Crippen LogP contribution < -0.4 is 5.32 Å². The Kier molecular flexibility index (Phi) is 7.94. The van der Waals surface area contributed by atoms with E-state index in [2.05, 4.69) is 193 Å². The third-order valence-corrected chi connectivity index (χ3v) is 9.57. The first-order valence-corrected chi connectivity index (χ1v) is 17.8. The normalized spacial score (nSPS) is 12.1. The van der Waals surface area contributed by atoms with Crippen LogP contribution >= 0.6 is 0 Å². The molecule has 0 saturated carbocycles. The van der Waals surface area contributed by atoms with Gasteiger partial charge in [0.2, 0.25) is 0 Å². The van der Waals surface area contributed by atoms with Gasteiger partial charge in [-0.15, -0.1) is 0 Å². The van der Waals surface area contributed by atoms with E-state index in [-0.39, 0.29) is 0 Å². The molecule has 2 aliphatic rings. The molecule has 0 spiro atoms. The summed E-state index contributed by atoms with van der Waals surface area (Å²) in [5, 5.41) is 3.53. The second kappa shape index (κ2) is 13.2. The zero-order valence-electron chi connectivity index (χ0n) is 29.1. The van der Waals surface area contributed by atoms with Crippen LogP contribution in [0.15, 0.2) is 140 Å². The fourth-order valence-electron chi connectivity index (χ4n) is 7.30. The molecule has 4 aromatic carbocycles. The molecule has 5 heteroatoms. The molecule has 52 heavy (non-hydrogen) atoms. The van der Waals surface area contributed by atoms with E-state index in [0.29, 0.717) is 6.04 Å². The van der Waals surface area contributed by atoms with Crippen molar-refractivity contribution < 1.29 is 0 Å². The van der Waals surface area contributed by atoms with E-state index >= 15 is 0 Å². The van der Waals surface area contributed by atoms with Gasteiger partial charge in [-0.2, -0.15) is 0 Å². The van der Waals surface area contributed by atoms with Crippen molar-refractivity contribution in [2.75, 3.05) is 5.32 Å². The summed E-state index contributed by atoms with van der Waals surface area (Å²) in [5.74, 6) is 0. The number of hydrogen-bond donors (Lipinski definition) is 3. The minimum atomic E-state index is 0.338. The minimum Gasteiger partial charge on any atom is -0.383 e. The van der Waals surface area contributed by atoms with Crippen LogP contribution in [0.4, 0.5) is 5.69 Å². The van der Waals surface area contributed by atoms with Crippen LogP contribution in [-0.4, -0.2) is 26.0 Å². The second-order valence-electron chi connectivity index (χ2n) is 13.5. The van der Waals surface area contributed by atoms with E-state index in [4.69, 9.17) is 9.97 Å². The van der Waals surface area contributed by atoms with Crippen LogP contribution in [-0.2, 0) is 0 Å². The Hall–Kier alpha value is -6.72. The number of aromatic nitrogens is 4. The lowest BCUT2D eigenvalue weighted by Crippen LogP contribution is -2.09. The molecular weight excluding hydrogens is 635 g/mol. The van der Waals surface area contributed by atoms with E-state index in [0.717, 1.165) is 95.0 Å². The standard InChI is InChI=1S/C47H37N5/c1-30(2)48-35-20-18-34(19-21-35)47-42-28-26-40(51-42)45(32-14-8-4-9-15-32)38-24-22-36(49-38)44(31-12-6-3-7-13-31)37-23-25-39(50-37)46(33-16-10-5-11-17-33)41-27-29-43(47)52-41/h3-30,48-49,52H,1-2H3. The van der Waals surface area contributed by atoms with Gasteiger partial charge in [0.15, 0.2) is 0 Å². The number of H-pyrrole nitrogens is 2. The van der Waals surface area contributed by atoms with Crippen molar-refractivity contribution >= 4 is 52.1 Å². The number of fused-ring (bicyclic) bond motifs is 8. The number of nitrogens with one attached hydrogen (secondary N) is 3. The average molecular weight is 672 g/mol. The number of rotatable bonds is 6. The first kappa shape index (κ1) is 31.3. The first-order valence-electron chi connectivity index (χ1n) is 17.8. The third-order valence-electron chi connectivity index (χ3n) is 9.57. The van der Waals surface area contributed by atoms with Gasteiger partial charge in [0, 0.05) is 56.0 Å². The lowest BCUT2D eigenvalue weighted by Gasteiger charge is -2.11. The molecule has 3 N–H and O–H groups in total. The van der Waals surface area contributed by atoms with E-state index in [1.54, 1.807) is 0 Å². The zero-order chi connectivity index (χ0) is 35.0. The molecule has 5 nitrogen and oxygen atoms in total. The summed E-state index contributed by atoms with van der Waals surface area (Å²) >= 11 is 0. The van der Waals surface area contributed by atoms with E-state index in [1.807, 2.05) is 0 Å². The maximum absolute atomic E-state index is 5.40. The molecule has 9 rings (SSSR count). The van der Waals surface area contributed by atoms with Gasteiger partial charge >= 0.3 is 0 Å². The molecule has 3 aromatic heterocycles. The zero-order valence-corrected chi connectivity index (χ0v) is 29.1. The van der Waals surface area contributed by atoms with Gasteiger partial charge in [0.25, 0.3) is 0 Å². The van der Waals surface area contributed by atoms with Crippen molar-refractivity contribution in [1.82, 2.24) is 19.9 Å². The highest BCUT2D eigenvalue weighted by molar-refractivity contribution is 5.99. The molecule has 0 radical (unpaired) electrons. The number of benzene rings is 4. The van der Waals surface area contributed by atoms with Gasteiger partial charge in [-0.1, -0.05) is 103 Å². The topological polar surface area (TPSA) is 69.4 Å². The minimum absolute atomic E-state index is 0.338. The summed E-state index contributed by atoms with van der Waals surface area (Å²) in [6.07, 6.45) is 8.56. The highest BCUT2D eigenvalue weighted by Crippen LogP contribution is 2.38. The Bertz CT molecular complexity index is 2610. The average Bonchev–Trinajstić information content (AvgIpc) is 4.01. The first-order chi connectivity index (χ1) is 25.6. The summed E-state index contributed by atoms with van der Waals surface area (Å²) in [5.41, 5.74) is 17.1. The van der Waals surface area contributed by atoms with E-state index < -0.39 is 0 Å². The van der Waals surface area contributed by atoms with E-state index in [1.165, 1.54) is 0 Å². The Labute approximate surface area is 303 Å². The summed E-state index contributed by atoms with van der Waals surface area (Å²) < 4.78 is 0. The lowest BCUT2D eigenvalue weighted by atomic mass is 10.0. The fraction of sp³-hybridized carbons (Fsp3) is 0.0638. The predicted molar refractivity (Wildman–Crippen MR) is 219 cm³/mol. The van der Waals surface area contributed by atoms with Gasteiger partial charge in [-0.3, -0.25) is 0 Å². The van der Waals surface area contributed by atoms with Crippen molar-refractivity contribution in [2.45, 2.75) is 19.9 Å². The van der Waals surface area contributed by atoms with Crippen LogP contribution in [0, 0.1) is 0 Å². The third kappa shape index (κ3) is 5.82. The van der Waals surface area contributed by atoms with Crippen LogP contribution in [0.3, 0.4) is 0 Å². The number of anilines is 1. The number of nitrogens with zero attached hydrogens (tertiary/aromatic N) is 2. The van der Waals surface area contributed by atoms with Crippen LogP contribution in [0.25, 0.3) is 90.9 Å². The molecule has 5 heterocycles. The Morgan fingerprint density at radius 1 is 0.385 bits per heavy atom. The summed E-state index contributed by atoms with van der Waals surface area (Å²) in [6, 6.07) is 49.2. The Morgan fingerprint density at radius 3 is 1.00 bits per heavy atom. The molecule has 0 fully saturated rings. The maximum Gasteiger partial charge on any atom is 0.0737 e. The van der Waals surface area contributed by atoms with Crippen molar-refractivity contribution in [2.24, 2.45) is 0 Å². The van der Waals surface area contributed by atoms with Crippen molar-refractivity contribution in [1.29, 1.82) is 0 Å². The molecule has 0 unspecified atom stereocenters. The summed E-state index contributed by atoms with van der Waals surface area (Å²) in [4.78, 5) is 18.4. The van der Waals surface area contributed by atoms with E-state index in [9.17, 15) is 0 Å². The second-order valence-corrected chi connectivity index (χ2v) is 13.5. The van der Waals surface area contributed by atoms with Crippen LogP contribution in [0.5, 0.6) is 0 Å². The molecule has 0 aliphatic carbocycles. The van der Waals surface area contributed by atoms with Gasteiger partial charge < -0.3 is 15.3 Å². The SMILES string of the molecule is CC(C)Nc1ccc(-c2c3nc(c(-c4ccccc4)c4ccc([nH]4)c(-c4ccccc4)c4nc(c(-c5ccccc5)c5ccc2[nH]5)C=C4)C=C3)cc1. The highest BCUT2D eigenvalue weighted by atomic mass is 14.9. The number of hydrogen-bond acceptors (Lipinski definition) is 3. The summed E-state index contributed by atoms with van der Waals surface area (Å²) in [7, 11) is 0. The number of aromatic amines is 2. The van der Waals surface area contributed by atoms with Crippen LogP contribution in [0.1, 0.15) is 36.6 Å². The van der Waals surface area contributed by atoms with Gasteiger partial charge in [0.05, 0.1) is 22.8 Å². The van der Waals surface area contributed by atoms with Crippen molar-refractivity contribution in [3.63, 3.8) is 0 Å². The monoisotopic (exact) mass is 671 g/mol. The fourth-order valence-corrected chi connectivity index (χ4v) is 7.30. The molecule has 8 bridgehead atoms.